The van der Waals surface area contributed by atoms with E-state index >= 15 is 0 Å². The second kappa shape index (κ2) is 10.0. The number of benzene rings is 1. The molecule has 7 heteroatoms. The van der Waals surface area contributed by atoms with Crippen molar-refractivity contribution >= 4 is 24.0 Å². The van der Waals surface area contributed by atoms with E-state index in [1.54, 1.807) is 12.3 Å². The number of halogens is 1. The average Bonchev–Trinajstić information content (AvgIpc) is 3.09. The summed E-state index contributed by atoms with van der Waals surface area (Å²) in [4.78, 5) is 21.1. The summed E-state index contributed by atoms with van der Waals surface area (Å²) in [6, 6.07) is 11.9. The van der Waals surface area contributed by atoms with Crippen LogP contribution in [0.5, 0.6) is 5.75 Å². The number of hydrogen-bond acceptors (Lipinski definition) is 4. The Morgan fingerprint density at radius 1 is 1.09 bits per heavy atom. The van der Waals surface area contributed by atoms with Crippen LogP contribution in [0.15, 0.2) is 48.8 Å². The third-order valence-corrected chi connectivity index (χ3v) is 5.61. The predicted molar refractivity (Wildman–Crippen MR) is 133 cm³/mol. The Balaban J connectivity index is 0.00000306. The van der Waals surface area contributed by atoms with Gasteiger partial charge in [0.25, 0.3) is 5.91 Å². The van der Waals surface area contributed by atoms with Crippen molar-refractivity contribution in [3.05, 3.63) is 82.4 Å². The molecule has 1 N–H and O–H groups in total. The standard InChI is InChI=1S/C26H28N4O2.ClH/c1-6-27-26(31)22-10-9-20(14-28-22)24-19(5)29-25-23(8-7-11-30(24)25)32-15-21-17(3)12-16(2)13-18(21)4;/h7-14H,6,15H2,1-5H3,(H,27,31);1H. The van der Waals surface area contributed by atoms with Crippen molar-refractivity contribution in [1.29, 1.82) is 0 Å². The monoisotopic (exact) mass is 464 g/mol. The van der Waals surface area contributed by atoms with E-state index < -0.39 is 0 Å². The fourth-order valence-corrected chi connectivity index (χ4v) is 4.12. The number of fused-ring (bicyclic) bond motifs is 1. The van der Waals surface area contributed by atoms with E-state index in [2.05, 4.69) is 43.2 Å². The molecule has 172 valence electrons. The van der Waals surface area contributed by atoms with Crippen molar-refractivity contribution in [2.45, 2.75) is 41.2 Å². The number of ether oxygens (including phenoxy) is 1. The minimum Gasteiger partial charge on any atom is -0.485 e. The lowest BCUT2D eigenvalue weighted by Gasteiger charge is -2.13. The van der Waals surface area contributed by atoms with Gasteiger partial charge in [-0.25, -0.2) is 4.98 Å². The first kappa shape index (κ1) is 24.3. The van der Waals surface area contributed by atoms with Crippen LogP contribution in [0.3, 0.4) is 0 Å². The number of nitrogens with zero attached hydrogens (tertiary/aromatic N) is 3. The van der Waals surface area contributed by atoms with Crippen LogP contribution < -0.4 is 10.1 Å². The molecule has 0 bridgehead atoms. The molecule has 33 heavy (non-hydrogen) atoms. The van der Waals surface area contributed by atoms with Gasteiger partial charge < -0.3 is 10.1 Å². The fraction of sp³-hybridized carbons (Fsp3) is 0.269. The first-order chi connectivity index (χ1) is 15.4. The lowest BCUT2D eigenvalue weighted by molar-refractivity contribution is 0.0951. The summed E-state index contributed by atoms with van der Waals surface area (Å²) < 4.78 is 8.25. The molecule has 4 aromatic rings. The Morgan fingerprint density at radius 2 is 1.82 bits per heavy atom. The van der Waals surface area contributed by atoms with E-state index in [9.17, 15) is 4.79 Å². The highest BCUT2D eigenvalue weighted by molar-refractivity contribution is 5.92. The predicted octanol–water partition coefficient (Wildman–Crippen LogP) is 5.38. The third kappa shape index (κ3) is 4.86. The van der Waals surface area contributed by atoms with Gasteiger partial charge >= 0.3 is 0 Å². The van der Waals surface area contributed by atoms with E-state index in [1.165, 1.54) is 22.3 Å². The van der Waals surface area contributed by atoms with Crippen LogP contribution in [0.2, 0.25) is 0 Å². The zero-order valence-electron chi connectivity index (χ0n) is 19.6. The molecular weight excluding hydrogens is 436 g/mol. The van der Waals surface area contributed by atoms with Crippen molar-refractivity contribution in [3.8, 4) is 17.0 Å². The summed E-state index contributed by atoms with van der Waals surface area (Å²) in [5.41, 5.74) is 8.77. The van der Waals surface area contributed by atoms with Gasteiger partial charge in [-0.05, 0) is 75.6 Å². The SMILES string of the molecule is CCNC(=O)c1ccc(-c2c(C)nc3c(OCc4c(C)cc(C)cc4C)cccn23)cn1.Cl. The maximum absolute atomic E-state index is 12.0. The number of amides is 1. The number of aryl methyl sites for hydroxylation is 4. The summed E-state index contributed by atoms with van der Waals surface area (Å²) in [6.45, 7) is 11.3. The minimum absolute atomic E-state index is 0. The third-order valence-electron chi connectivity index (χ3n) is 5.61. The molecule has 0 radical (unpaired) electrons. The van der Waals surface area contributed by atoms with Crippen LogP contribution >= 0.6 is 12.4 Å². The van der Waals surface area contributed by atoms with Gasteiger partial charge in [-0.15, -0.1) is 12.4 Å². The van der Waals surface area contributed by atoms with E-state index in [0.717, 1.165) is 28.3 Å². The lowest BCUT2D eigenvalue weighted by atomic mass is 10.0. The van der Waals surface area contributed by atoms with Crippen molar-refractivity contribution < 1.29 is 9.53 Å². The molecule has 0 aliphatic carbocycles. The number of aromatic nitrogens is 3. The van der Waals surface area contributed by atoms with Crippen molar-refractivity contribution in [2.24, 2.45) is 0 Å². The van der Waals surface area contributed by atoms with Crippen LogP contribution in [0.25, 0.3) is 16.9 Å². The second-order valence-electron chi connectivity index (χ2n) is 8.07. The van der Waals surface area contributed by atoms with Gasteiger partial charge in [-0.3, -0.25) is 14.2 Å². The van der Waals surface area contributed by atoms with Gasteiger partial charge in [0.2, 0.25) is 0 Å². The van der Waals surface area contributed by atoms with Crippen molar-refractivity contribution in [1.82, 2.24) is 19.7 Å². The van der Waals surface area contributed by atoms with Gasteiger partial charge in [0.15, 0.2) is 11.4 Å². The van der Waals surface area contributed by atoms with Crippen LogP contribution in [0.1, 0.15) is 45.4 Å². The molecule has 3 aromatic heterocycles. The van der Waals surface area contributed by atoms with Gasteiger partial charge in [-0.1, -0.05) is 17.7 Å². The normalized spacial score (nSPS) is 10.7. The van der Waals surface area contributed by atoms with Crippen LogP contribution in [-0.2, 0) is 6.61 Å². The number of imidazole rings is 1. The number of rotatable bonds is 6. The molecule has 6 nitrogen and oxygen atoms in total. The van der Waals surface area contributed by atoms with E-state index in [4.69, 9.17) is 9.72 Å². The van der Waals surface area contributed by atoms with Gasteiger partial charge in [0.1, 0.15) is 12.3 Å². The van der Waals surface area contributed by atoms with Crippen molar-refractivity contribution in [2.75, 3.05) is 6.54 Å². The maximum Gasteiger partial charge on any atom is 0.269 e. The number of pyridine rings is 2. The Bertz CT molecular complexity index is 1270. The quantitative estimate of drug-likeness (QED) is 0.416. The van der Waals surface area contributed by atoms with Crippen LogP contribution in [0, 0.1) is 27.7 Å². The molecule has 0 saturated heterocycles. The molecule has 1 aromatic carbocycles. The molecule has 0 aliphatic rings. The number of carbonyl (C=O) groups excluding carboxylic acids is 1. The Hall–Kier alpha value is -3.38. The lowest BCUT2D eigenvalue weighted by Crippen LogP contribution is -2.23. The van der Waals surface area contributed by atoms with E-state index in [-0.39, 0.29) is 18.3 Å². The highest BCUT2D eigenvalue weighted by atomic mass is 35.5. The minimum atomic E-state index is -0.175. The number of nitrogens with one attached hydrogen (secondary N) is 1. The Morgan fingerprint density at radius 3 is 2.45 bits per heavy atom. The molecule has 3 heterocycles. The summed E-state index contributed by atoms with van der Waals surface area (Å²) in [7, 11) is 0. The molecule has 1 amide bonds. The fourth-order valence-electron chi connectivity index (χ4n) is 4.12. The van der Waals surface area contributed by atoms with Crippen LogP contribution in [0.4, 0.5) is 0 Å². The number of hydrogen-bond donors (Lipinski definition) is 1. The molecule has 0 atom stereocenters. The molecule has 0 spiro atoms. The molecule has 0 saturated carbocycles. The second-order valence-corrected chi connectivity index (χ2v) is 8.07. The first-order valence-corrected chi connectivity index (χ1v) is 10.8. The largest absolute Gasteiger partial charge is 0.485 e. The average molecular weight is 465 g/mol. The molecule has 0 fully saturated rings. The first-order valence-electron chi connectivity index (χ1n) is 10.8. The highest BCUT2D eigenvalue weighted by Gasteiger charge is 2.16. The Kier molecular flexibility index (Phi) is 7.39. The van der Waals surface area contributed by atoms with E-state index in [0.29, 0.717) is 18.8 Å². The van der Waals surface area contributed by atoms with Crippen molar-refractivity contribution in [3.63, 3.8) is 0 Å². The van der Waals surface area contributed by atoms with E-state index in [1.807, 2.05) is 42.6 Å². The smallest absolute Gasteiger partial charge is 0.269 e. The molecular formula is C26H29ClN4O2. The molecule has 4 rings (SSSR count). The number of carbonyl (C=O) groups is 1. The molecule has 0 unspecified atom stereocenters. The summed E-state index contributed by atoms with van der Waals surface area (Å²) in [5.74, 6) is 0.555. The van der Waals surface area contributed by atoms with Gasteiger partial charge in [0.05, 0.1) is 11.4 Å². The summed E-state index contributed by atoms with van der Waals surface area (Å²) >= 11 is 0. The zero-order chi connectivity index (χ0) is 22.8. The van der Waals surface area contributed by atoms with Crippen LogP contribution in [-0.4, -0.2) is 26.8 Å². The van der Waals surface area contributed by atoms with Gasteiger partial charge in [-0.2, -0.15) is 0 Å². The van der Waals surface area contributed by atoms with Gasteiger partial charge in [0, 0.05) is 24.5 Å². The molecule has 0 aliphatic heterocycles. The maximum atomic E-state index is 12.0. The summed E-state index contributed by atoms with van der Waals surface area (Å²) in [5, 5.41) is 2.77. The zero-order valence-corrected chi connectivity index (χ0v) is 20.4. The highest BCUT2D eigenvalue weighted by Crippen LogP contribution is 2.29. The Labute approximate surface area is 200 Å². The topological polar surface area (TPSA) is 68.5 Å². The summed E-state index contributed by atoms with van der Waals surface area (Å²) in [6.07, 6.45) is 3.69.